The zero-order valence-corrected chi connectivity index (χ0v) is 8.47. The summed E-state index contributed by atoms with van der Waals surface area (Å²) in [6.45, 7) is 5.72. The molecule has 1 amide bonds. The van der Waals surface area contributed by atoms with Gasteiger partial charge in [0.1, 0.15) is 0 Å². The van der Waals surface area contributed by atoms with Gasteiger partial charge in [-0.2, -0.15) is 0 Å². The van der Waals surface area contributed by atoms with Crippen LogP contribution >= 0.6 is 0 Å². The normalized spacial score (nSPS) is 10.3. The molecule has 0 aliphatic rings. The molecule has 0 bridgehead atoms. The summed E-state index contributed by atoms with van der Waals surface area (Å²) in [6.07, 6.45) is 0. The SMILES string of the molecule is C[I-]N(C(C)=O)C(C)C. The van der Waals surface area contributed by atoms with Gasteiger partial charge >= 0.3 is 67.0 Å². The van der Waals surface area contributed by atoms with Gasteiger partial charge in [-0.3, -0.25) is 0 Å². The Kier molecular flexibility index (Phi) is 4.18. The molecule has 0 spiro atoms. The Bertz CT molecular complexity index is 103. The number of rotatable bonds is 2. The van der Waals surface area contributed by atoms with Gasteiger partial charge in [-0.15, -0.1) is 0 Å². The van der Waals surface area contributed by atoms with Crippen LogP contribution in [0.4, 0.5) is 0 Å². The molecule has 0 atom stereocenters. The summed E-state index contributed by atoms with van der Waals surface area (Å²) in [4.78, 5) is 12.9. The number of halogens is 1. The molecule has 0 saturated carbocycles. The van der Waals surface area contributed by atoms with Crippen molar-refractivity contribution in [2.45, 2.75) is 26.8 Å². The van der Waals surface area contributed by atoms with Crippen molar-refractivity contribution in [1.29, 1.82) is 0 Å². The number of nitrogens with zero attached hydrogens (tertiary/aromatic N) is 1. The fourth-order valence-corrected chi connectivity index (χ4v) is 2.47. The molecule has 0 saturated heterocycles. The van der Waals surface area contributed by atoms with Crippen molar-refractivity contribution in [1.82, 2.24) is 3.11 Å². The monoisotopic (exact) mass is 242 g/mol. The van der Waals surface area contributed by atoms with Gasteiger partial charge in [-0.05, 0) is 0 Å². The molecule has 0 fully saturated rings. The summed E-state index contributed by atoms with van der Waals surface area (Å²) in [5.74, 6) is 0.209. The third kappa shape index (κ3) is 3.03. The van der Waals surface area contributed by atoms with E-state index in [1.54, 1.807) is 6.92 Å². The van der Waals surface area contributed by atoms with Crippen LogP contribution in [0.5, 0.6) is 0 Å². The molecule has 0 aromatic carbocycles. The number of hydrogen-bond donors (Lipinski definition) is 0. The molecule has 0 unspecified atom stereocenters. The van der Waals surface area contributed by atoms with E-state index in [1.807, 2.05) is 17.0 Å². The number of carbonyl (C=O) groups excluding carboxylic acids is 1. The predicted molar refractivity (Wildman–Crippen MR) is 33.6 cm³/mol. The van der Waals surface area contributed by atoms with E-state index in [0.29, 0.717) is 6.04 Å². The molecule has 0 aromatic rings. The van der Waals surface area contributed by atoms with E-state index in [2.05, 4.69) is 4.93 Å². The first-order valence-electron chi connectivity index (χ1n) is 2.89. The summed E-state index contributed by atoms with van der Waals surface area (Å²) in [7, 11) is 0. The molecule has 0 N–H and O–H groups in total. The van der Waals surface area contributed by atoms with Crippen molar-refractivity contribution in [2.24, 2.45) is 0 Å². The third-order valence-corrected chi connectivity index (χ3v) is 3.77. The maximum absolute atomic E-state index is 10.8. The second kappa shape index (κ2) is 4.09. The Hall–Kier alpha value is 0.200. The van der Waals surface area contributed by atoms with E-state index in [1.165, 1.54) is 0 Å². The van der Waals surface area contributed by atoms with E-state index in [4.69, 9.17) is 0 Å². The second-order valence-electron chi connectivity index (χ2n) is 2.09. The predicted octanol–water partition coefficient (Wildman–Crippen LogP) is -2.12. The van der Waals surface area contributed by atoms with E-state index in [9.17, 15) is 4.79 Å². The topological polar surface area (TPSA) is 20.3 Å². The minimum absolute atomic E-state index is 0.0553. The number of hydrogen-bond acceptors (Lipinski definition) is 1. The molecular formula is C6H13INO-. The van der Waals surface area contributed by atoms with Crippen molar-refractivity contribution in [3.63, 3.8) is 0 Å². The summed E-state index contributed by atoms with van der Waals surface area (Å²) < 4.78 is 1.93. The van der Waals surface area contributed by atoms with E-state index in [-0.39, 0.29) is 27.4 Å². The van der Waals surface area contributed by atoms with Crippen molar-refractivity contribution in [3.05, 3.63) is 0 Å². The molecule has 0 radical (unpaired) electrons. The van der Waals surface area contributed by atoms with E-state index >= 15 is 0 Å². The third-order valence-electron chi connectivity index (χ3n) is 0.936. The fraction of sp³-hybridized carbons (Fsp3) is 0.833. The van der Waals surface area contributed by atoms with E-state index in [0.717, 1.165) is 0 Å². The Labute approximate surface area is 67.2 Å². The van der Waals surface area contributed by atoms with Crippen LogP contribution < -0.4 is 21.5 Å². The van der Waals surface area contributed by atoms with Gasteiger partial charge in [0.2, 0.25) is 0 Å². The molecule has 0 heterocycles. The van der Waals surface area contributed by atoms with Crippen LogP contribution in [0.15, 0.2) is 0 Å². The standard InChI is InChI=1S/C6H13INO/c1-5(2)8(7-4)6(3)9/h5H,1-4H3/q-1. The van der Waals surface area contributed by atoms with Gasteiger partial charge in [0.15, 0.2) is 0 Å². The molecule has 9 heavy (non-hydrogen) atoms. The van der Waals surface area contributed by atoms with Gasteiger partial charge < -0.3 is 0 Å². The van der Waals surface area contributed by atoms with Crippen LogP contribution in [0, 0.1) is 0 Å². The molecule has 2 nitrogen and oxygen atoms in total. The Balaban J connectivity index is 3.83. The van der Waals surface area contributed by atoms with Crippen LogP contribution in [0.25, 0.3) is 0 Å². The fourth-order valence-electron chi connectivity index (χ4n) is 0.678. The molecule has 56 valence electrons. The molecule has 3 heteroatoms. The maximum atomic E-state index is 10.8. The second-order valence-corrected chi connectivity index (χ2v) is 4.10. The molecule has 0 aromatic heterocycles. The Morgan fingerprint density at radius 3 is 2.00 bits per heavy atom. The van der Waals surface area contributed by atoms with Crippen LogP contribution in [0.3, 0.4) is 0 Å². The van der Waals surface area contributed by atoms with Crippen LogP contribution in [0.1, 0.15) is 20.8 Å². The van der Waals surface area contributed by atoms with Crippen molar-refractivity contribution in [3.8, 4) is 0 Å². The first-order valence-corrected chi connectivity index (χ1v) is 6.01. The summed E-state index contributed by atoms with van der Waals surface area (Å²) in [5, 5.41) is 0. The van der Waals surface area contributed by atoms with Crippen molar-refractivity contribution in [2.75, 3.05) is 4.93 Å². The minimum atomic E-state index is -0.0553. The van der Waals surface area contributed by atoms with Gasteiger partial charge in [-0.25, -0.2) is 0 Å². The van der Waals surface area contributed by atoms with Gasteiger partial charge in [0.05, 0.1) is 0 Å². The number of alkyl halides is 1. The van der Waals surface area contributed by atoms with Crippen LogP contribution in [0.2, 0.25) is 0 Å². The first-order chi connectivity index (χ1) is 4.09. The zero-order valence-electron chi connectivity index (χ0n) is 6.31. The van der Waals surface area contributed by atoms with Gasteiger partial charge in [0, 0.05) is 0 Å². The van der Waals surface area contributed by atoms with Gasteiger partial charge in [-0.1, -0.05) is 0 Å². The quantitative estimate of drug-likeness (QED) is 0.308. The summed E-state index contributed by atoms with van der Waals surface area (Å²) in [5.41, 5.74) is 0. The van der Waals surface area contributed by atoms with Crippen molar-refractivity contribution < 1.29 is 26.3 Å². The molecular weight excluding hydrogens is 229 g/mol. The van der Waals surface area contributed by atoms with Crippen LogP contribution in [-0.2, 0) is 4.79 Å². The first kappa shape index (κ1) is 9.20. The average Bonchev–Trinajstić information content (AvgIpc) is 1.64. The van der Waals surface area contributed by atoms with Crippen LogP contribution in [-0.4, -0.2) is 20.0 Å². The summed E-state index contributed by atoms with van der Waals surface area (Å²) in [6, 6.07) is 0.389. The number of amides is 1. The molecule has 0 aliphatic heterocycles. The number of carbonyl (C=O) groups is 1. The Morgan fingerprint density at radius 1 is 1.56 bits per heavy atom. The molecule has 0 rings (SSSR count). The zero-order chi connectivity index (χ0) is 7.44. The van der Waals surface area contributed by atoms with Crippen molar-refractivity contribution >= 4 is 5.91 Å². The van der Waals surface area contributed by atoms with E-state index < -0.39 is 0 Å². The van der Waals surface area contributed by atoms with Gasteiger partial charge in [0.25, 0.3) is 0 Å². The Morgan fingerprint density at radius 2 is 2.00 bits per heavy atom. The molecule has 0 aliphatic carbocycles. The summed E-state index contributed by atoms with van der Waals surface area (Å²) >= 11 is -0.0553. The average molecular weight is 242 g/mol.